The molecule has 0 aromatic carbocycles. The van der Waals surface area contributed by atoms with E-state index in [1.807, 2.05) is 20.8 Å². The maximum Gasteiger partial charge on any atom is 0.179 e. The summed E-state index contributed by atoms with van der Waals surface area (Å²) in [6.07, 6.45) is 2.08. The van der Waals surface area contributed by atoms with E-state index in [1.165, 1.54) is 0 Å². The molecule has 0 aromatic rings. The molecule has 0 aliphatic heterocycles. The Labute approximate surface area is 98.4 Å². The maximum absolute atomic E-state index is 11.7. The second kappa shape index (κ2) is 7.76. The van der Waals surface area contributed by atoms with Crippen LogP contribution < -0.4 is 11.5 Å². The number of hydrogen-bond donors (Lipinski definition) is 3. The van der Waals surface area contributed by atoms with Crippen LogP contribution in [0.25, 0.3) is 0 Å². The lowest BCUT2D eigenvalue weighted by atomic mass is 9.93. The number of aliphatic hydroxyl groups is 1. The number of rotatable bonds is 8. The van der Waals surface area contributed by atoms with Crippen molar-refractivity contribution in [2.24, 2.45) is 17.4 Å². The Kier molecular flexibility index (Phi) is 7.55. The summed E-state index contributed by atoms with van der Waals surface area (Å²) in [6.45, 7) is 6.04. The molecule has 5 N–H and O–H groups in total. The van der Waals surface area contributed by atoms with Crippen LogP contribution in [0.3, 0.4) is 0 Å². The standard InChI is InChI=1S/C12H26N2O2/c1-4-5-6-9(13)11(15)12(16)10(14)7-8(2)3/h8-11,15H,4-7,13-14H2,1-3H3/t9-,10-,11?/m0/s1. The van der Waals surface area contributed by atoms with E-state index >= 15 is 0 Å². The third-order valence-corrected chi connectivity index (χ3v) is 2.68. The number of nitrogens with two attached hydrogens (primary N) is 2. The number of hydrogen-bond acceptors (Lipinski definition) is 4. The summed E-state index contributed by atoms with van der Waals surface area (Å²) in [7, 11) is 0. The smallest absolute Gasteiger partial charge is 0.179 e. The van der Waals surface area contributed by atoms with Crippen LogP contribution in [0.1, 0.15) is 46.5 Å². The molecule has 0 saturated carbocycles. The number of aliphatic hydroxyl groups excluding tert-OH is 1. The van der Waals surface area contributed by atoms with E-state index in [9.17, 15) is 9.90 Å². The van der Waals surface area contributed by atoms with Gasteiger partial charge in [0.1, 0.15) is 6.10 Å². The van der Waals surface area contributed by atoms with Crippen LogP contribution in [0.4, 0.5) is 0 Å². The summed E-state index contributed by atoms with van der Waals surface area (Å²) < 4.78 is 0. The molecule has 1 unspecified atom stereocenters. The minimum Gasteiger partial charge on any atom is -0.384 e. The quantitative estimate of drug-likeness (QED) is 0.575. The predicted octanol–water partition coefficient (Wildman–Crippen LogP) is 0.807. The van der Waals surface area contributed by atoms with Crippen LogP contribution in [-0.4, -0.2) is 29.1 Å². The highest BCUT2D eigenvalue weighted by atomic mass is 16.3. The first-order valence-electron chi connectivity index (χ1n) is 6.13. The number of unbranched alkanes of at least 4 members (excludes halogenated alkanes) is 1. The topological polar surface area (TPSA) is 89.3 Å². The van der Waals surface area contributed by atoms with Gasteiger partial charge in [0, 0.05) is 6.04 Å². The van der Waals surface area contributed by atoms with Gasteiger partial charge in [-0.15, -0.1) is 0 Å². The average molecular weight is 230 g/mol. The van der Waals surface area contributed by atoms with Crippen molar-refractivity contribution in [1.82, 2.24) is 0 Å². The van der Waals surface area contributed by atoms with Crippen molar-refractivity contribution in [2.45, 2.75) is 64.6 Å². The van der Waals surface area contributed by atoms with Crippen LogP contribution in [-0.2, 0) is 4.79 Å². The zero-order valence-corrected chi connectivity index (χ0v) is 10.6. The maximum atomic E-state index is 11.7. The van der Waals surface area contributed by atoms with Crippen molar-refractivity contribution < 1.29 is 9.90 Å². The fourth-order valence-electron chi connectivity index (χ4n) is 1.65. The molecular weight excluding hydrogens is 204 g/mol. The van der Waals surface area contributed by atoms with Crippen molar-refractivity contribution in [1.29, 1.82) is 0 Å². The van der Waals surface area contributed by atoms with Gasteiger partial charge in [0.25, 0.3) is 0 Å². The van der Waals surface area contributed by atoms with E-state index in [2.05, 4.69) is 0 Å². The molecule has 4 nitrogen and oxygen atoms in total. The molecule has 16 heavy (non-hydrogen) atoms. The second-order valence-corrected chi connectivity index (χ2v) is 4.89. The molecule has 0 heterocycles. The summed E-state index contributed by atoms with van der Waals surface area (Å²) >= 11 is 0. The molecule has 0 amide bonds. The number of ketones is 1. The SMILES string of the molecule is CCCC[C@H](N)C(O)C(=O)[C@@H](N)CC(C)C. The first-order chi connectivity index (χ1) is 7.40. The summed E-state index contributed by atoms with van der Waals surface area (Å²) in [5.41, 5.74) is 11.5. The highest BCUT2D eigenvalue weighted by Gasteiger charge is 2.27. The molecule has 0 spiro atoms. The van der Waals surface area contributed by atoms with Crippen molar-refractivity contribution in [3.63, 3.8) is 0 Å². The fraction of sp³-hybridized carbons (Fsp3) is 0.917. The Morgan fingerprint density at radius 1 is 1.31 bits per heavy atom. The molecule has 0 saturated heterocycles. The molecule has 0 aliphatic rings. The van der Waals surface area contributed by atoms with Gasteiger partial charge < -0.3 is 16.6 Å². The van der Waals surface area contributed by atoms with Gasteiger partial charge in [-0.05, 0) is 18.8 Å². The Hall–Kier alpha value is -0.450. The van der Waals surface area contributed by atoms with Crippen LogP contribution in [0.5, 0.6) is 0 Å². The van der Waals surface area contributed by atoms with Gasteiger partial charge in [0.2, 0.25) is 0 Å². The number of Topliss-reactive ketones (excluding diaryl/α,β-unsaturated/α-hetero) is 1. The number of carbonyl (C=O) groups is 1. The van der Waals surface area contributed by atoms with Gasteiger partial charge in [-0.1, -0.05) is 33.6 Å². The number of carbonyl (C=O) groups excluding carboxylic acids is 1. The van der Waals surface area contributed by atoms with Crippen molar-refractivity contribution in [3.8, 4) is 0 Å². The van der Waals surface area contributed by atoms with Gasteiger partial charge in [-0.3, -0.25) is 4.79 Å². The lowest BCUT2D eigenvalue weighted by Gasteiger charge is -2.21. The highest BCUT2D eigenvalue weighted by molar-refractivity contribution is 5.88. The van der Waals surface area contributed by atoms with Gasteiger partial charge >= 0.3 is 0 Å². The minimum absolute atomic E-state index is 0.322. The molecule has 0 fully saturated rings. The van der Waals surface area contributed by atoms with E-state index in [0.29, 0.717) is 18.8 Å². The molecule has 96 valence electrons. The molecule has 4 heteroatoms. The first kappa shape index (κ1) is 15.6. The predicted molar refractivity (Wildman–Crippen MR) is 65.9 cm³/mol. The monoisotopic (exact) mass is 230 g/mol. The summed E-state index contributed by atoms with van der Waals surface area (Å²) in [6, 6.07) is -1.08. The van der Waals surface area contributed by atoms with E-state index in [1.54, 1.807) is 0 Å². The van der Waals surface area contributed by atoms with Crippen molar-refractivity contribution >= 4 is 5.78 Å². The zero-order chi connectivity index (χ0) is 12.7. The second-order valence-electron chi connectivity index (χ2n) is 4.89. The first-order valence-corrected chi connectivity index (χ1v) is 6.13. The van der Waals surface area contributed by atoms with Crippen LogP contribution in [0.2, 0.25) is 0 Å². The lowest BCUT2D eigenvalue weighted by Crippen LogP contribution is -2.48. The largest absolute Gasteiger partial charge is 0.384 e. The summed E-state index contributed by atoms with van der Waals surface area (Å²) in [4.78, 5) is 11.7. The van der Waals surface area contributed by atoms with Gasteiger partial charge in [0.15, 0.2) is 5.78 Å². The van der Waals surface area contributed by atoms with Gasteiger partial charge in [0.05, 0.1) is 6.04 Å². The Morgan fingerprint density at radius 3 is 2.31 bits per heavy atom. The Balaban J connectivity index is 4.14. The Morgan fingerprint density at radius 2 is 1.88 bits per heavy atom. The molecule has 3 atom stereocenters. The van der Waals surface area contributed by atoms with Gasteiger partial charge in [-0.25, -0.2) is 0 Å². The normalized spacial score (nSPS) is 17.2. The molecule has 0 rings (SSSR count). The van der Waals surface area contributed by atoms with E-state index in [0.717, 1.165) is 12.8 Å². The lowest BCUT2D eigenvalue weighted by molar-refractivity contribution is -0.129. The third-order valence-electron chi connectivity index (χ3n) is 2.68. The van der Waals surface area contributed by atoms with Gasteiger partial charge in [-0.2, -0.15) is 0 Å². The van der Waals surface area contributed by atoms with Crippen LogP contribution in [0, 0.1) is 5.92 Å². The molecule has 0 bridgehead atoms. The van der Waals surface area contributed by atoms with E-state index in [4.69, 9.17) is 11.5 Å². The van der Waals surface area contributed by atoms with E-state index in [-0.39, 0.29) is 5.78 Å². The highest BCUT2D eigenvalue weighted by Crippen LogP contribution is 2.09. The molecule has 0 radical (unpaired) electrons. The zero-order valence-electron chi connectivity index (χ0n) is 10.6. The Bertz CT molecular complexity index is 207. The average Bonchev–Trinajstić information content (AvgIpc) is 2.22. The van der Waals surface area contributed by atoms with E-state index < -0.39 is 18.2 Å². The van der Waals surface area contributed by atoms with Crippen LogP contribution in [0.15, 0.2) is 0 Å². The third kappa shape index (κ3) is 5.58. The molecule has 0 aromatic heterocycles. The molecule has 0 aliphatic carbocycles. The minimum atomic E-state index is -1.11. The van der Waals surface area contributed by atoms with Crippen LogP contribution >= 0.6 is 0 Å². The summed E-state index contributed by atoms with van der Waals surface area (Å²) in [5.74, 6) is 0.0234. The fourth-order valence-corrected chi connectivity index (χ4v) is 1.65. The summed E-state index contributed by atoms with van der Waals surface area (Å²) in [5, 5.41) is 9.74. The van der Waals surface area contributed by atoms with Crippen molar-refractivity contribution in [2.75, 3.05) is 0 Å². The molecular formula is C12H26N2O2. The van der Waals surface area contributed by atoms with Crippen molar-refractivity contribution in [3.05, 3.63) is 0 Å².